The van der Waals surface area contributed by atoms with E-state index in [0.29, 0.717) is 11.6 Å². The fourth-order valence-electron chi connectivity index (χ4n) is 2.21. The molecule has 0 atom stereocenters. The largest absolute Gasteiger partial charge is 0.492 e. The Morgan fingerprint density at radius 3 is 2.21 bits per heavy atom. The summed E-state index contributed by atoms with van der Waals surface area (Å²) in [6.45, 7) is 0.277. The number of alkyl halides is 1. The van der Waals surface area contributed by atoms with Gasteiger partial charge in [0.25, 0.3) is 5.56 Å². The minimum absolute atomic E-state index is 0.209. The van der Waals surface area contributed by atoms with E-state index in [-0.39, 0.29) is 17.7 Å². The Hall–Kier alpha value is -3.00. The molecular formula is C15H13ClN2O6. The Balaban J connectivity index is 2.69. The first-order valence-electron chi connectivity index (χ1n) is 6.68. The zero-order valence-corrected chi connectivity index (χ0v) is 13.0. The molecule has 8 nitrogen and oxygen atoms in total. The fourth-order valence-corrected chi connectivity index (χ4v) is 2.29. The fraction of sp³-hybridized carbons (Fsp3) is 0.133. The van der Waals surface area contributed by atoms with Crippen LogP contribution in [0.25, 0.3) is 11.1 Å². The Labute approximate surface area is 140 Å². The van der Waals surface area contributed by atoms with E-state index in [9.17, 15) is 24.6 Å². The molecule has 5 N–H and O–H groups in total. The molecule has 1 aromatic carbocycles. The van der Waals surface area contributed by atoms with E-state index in [0.717, 1.165) is 0 Å². The average Bonchev–Trinajstić information content (AvgIpc) is 2.51. The van der Waals surface area contributed by atoms with E-state index < -0.39 is 34.4 Å². The average molecular weight is 353 g/mol. The molecule has 0 amide bonds. The zero-order chi connectivity index (χ0) is 17.9. The number of carbonyl (C=O) groups is 2. The number of aromatic nitrogens is 1. The highest BCUT2D eigenvalue weighted by atomic mass is 35.5. The van der Waals surface area contributed by atoms with Crippen molar-refractivity contribution in [3.05, 3.63) is 45.7 Å². The maximum Gasteiger partial charge on any atom is 0.342 e. The lowest BCUT2D eigenvalue weighted by molar-refractivity contribution is 0.0695. The Kier molecular flexibility index (Phi) is 5.10. The predicted molar refractivity (Wildman–Crippen MR) is 87.0 cm³/mol. The lowest BCUT2D eigenvalue weighted by Crippen LogP contribution is -2.24. The van der Waals surface area contributed by atoms with Gasteiger partial charge in [-0.1, -0.05) is 12.1 Å². The van der Waals surface area contributed by atoms with E-state index in [2.05, 4.69) is 0 Å². The van der Waals surface area contributed by atoms with Crippen molar-refractivity contribution in [3.63, 3.8) is 0 Å². The third-order valence-corrected chi connectivity index (χ3v) is 3.32. The SMILES string of the molecule is Nc1[nH]c(=O)c(C(=O)O)c(-c2ccc(OCCCl)cc2)c1C(=O)O. The summed E-state index contributed by atoms with van der Waals surface area (Å²) >= 11 is 5.52. The quantitative estimate of drug-likeness (QED) is 0.578. The van der Waals surface area contributed by atoms with Crippen molar-refractivity contribution < 1.29 is 24.5 Å². The lowest BCUT2D eigenvalue weighted by Gasteiger charge is -2.12. The maximum absolute atomic E-state index is 11.9. The van der Waals surface area contributed by atoms with Crippen LogP contribution >= 0.6 is 11.6 Å². The van der Waals surface area contributed by atoms with Gasteiger partial charge in [-0.15, -0.1) is 11.6 Å². The maximum atomic E-state index is 11.9. The van der Waals surface area contributed by atoms with Crippen molar-refractivity contribution in [2.75, 3.05) is 18.2 Å². The first-order chi connectivity index (χ1) is 11.4. The molecule has 0 saturated heterocycles. The van der Waals surface area contributed by atoms with Gasteiger partial charge in [0.15, 0.2) is 0 Å². The molecule has 2 rings (SSSR count). The number of rotatable bonds is 6. The van der Waals surface area contributed by atoms with Crippen LogP contribution < -0.4 is 16.0 Å². The summed E-state index contributed by atoms with van der Waals surface area (Å²) in [6, 6.07) is 5.90. The number of nitrogens with two attached hydrogens (primary N) is 1. The summed E-state index contributed by atoms with van der Waals surface area (Å²) in [6.07, 6.45) is 0. The van der Waals surface area contributed by atoms with E-state index in [4.69, 9.17) is 22.1 Å². The molecule has 0 aliphatic rings. The van der Waals surface area contributed by atoms with Crippen LogP contribution in [-0.2, 0) is 0 Å². The van der Waals surface area contributed by atoms with Crippen molar-refractivity contribution in [1.29, 1.82) is 0 Å². The molecule has 0 aliphatic carbocycles. The van der Waals surface area contributed by atoms with Gasteiger partial charge < -0.3 is 25.7 Å². The molecule has 0 aliphatic heterocycles. The smallest absolute Gasteiger partial charge is 0.342 e. The molecule has 24 heavy (non-hydrogen) atoms. The van der Waals surface area contributed by atoms with Crippen LogP contribution in [0.3, 0.4) is 0 Å². The van der Waals surface area contributed by atoms with Gasteiger partial charge in [-0.05, 0) is 17.7 Å². The molecule has 0 saturated carbocycles. The van der Waals surface area contributed by atoms with Gasteiger partial charge in [0.05, 0.1) is 5.88 Å². The number of halogens is 1. The van der Waals surface area contributed by atoms with Gasteiger partial charge in [-0.2, -0.15) is 0 Å². The molecule has 0 spiro atoms. The number of ether oxygens (including phenoxy) is 1. The van der Waals surface area contributed by atoms with Crippen molar-refractivity contribution in [1.82, 2.24) is 4.98 Å². The normalized spacial score (nSPS) is 10.4. The second-order valence-corrected chi connectivity index (χ2v) is 5.04. The molecule has 126 valence electrons. The molecule has 0 fully saturated rings. The van der Waals surface area contributed by atoms with E-state index in [1.54, 1.807) is 0 Å². The second kappa shape index (κ2) is 7.05. The minimum Gasteiger partial charge on any atom is -0.492 e. The Bertz CT molecular complexity index is 844. The molecule has 1 aromatic heterocycles. The third kappa shape index (κ3) is 3.33. The molecule has 0 unspecified atom stereocenters. The summed E-state index contributed by atoms with van der Waals surface area (Å²) in [5.74, 6) is -2.68. The van der Waals surface area contributed by atoms with Crippen LogP contribution in [0.15, 0.2) is 29.1 Å². The van der Waals surface area contributed by atoms with Crippen LogP contribution in [0.2, 0.25) is 0 Å². The Morgan fingerprint density at radius 2 is 1.71 bits per heavy atom. The van der Waals surface area contributed by atoms with Crippen LogP contribution in [0, 0.1) is 0 Å². The zero-order valence-electron chi connectivity index (χ0n) is 12.2. The second-order valence-electron chi connectivity index (χ2n) is 4.66. The number of pyridine rings is 1. The van der Waals surface area contributed by atoms with Gasteiger partial charge in [-0.3, -0.25) is 4.79 Å². The van der Waals surface area contributed by atoms with Crippen LogP contribution in [0.5, 0.6) is 5.75 Å². The summed E-state index contributed by atoms with van der Waals surface area (Å²) in [5.41, 5.74) is 3.34. The third-order valence-electron chi connectivity index (χ3n) is 3.16. The summed E-state index contributed by atoms with van der Waals surface area (Å²) < 4.78 is 5.29. The van der Waals surface area contributed by atoms with Gasteiger partial charge in [0.2, 0.25) is 0 Å². The number of aromatic amines is 1. The predicted octanol–water partition coefficient (Wildman–Crippen LogP) is 1.64. The van der Waals surface area contributed by atoms with E-state index in [1.807, 2.05) is 4.98 Å². The first-order valence-corrected chi connectivity index (χ1v) is 7.21. The summed E-state index contributed by atoms with van der Waals surface area (Å²) in [4.78, 5) is 36.8. The number of hydrogen-bond acceptors (Lipinski definition) is 5. The number of nitrogen functional groups attached to an aromatic ring is 1. The monoisotopic (exact) mass is 352 g/mol. The standard InChI is InChI=1S/C15H13ClN2O6/c16-5-6-24-8-3-1-7(2-4-8)9-10(14(20)21)12(17)18-13(19)11(9)15(22)23/h1-4H,5-6H2,(H,20,21)(H,22,23)(H3,17,18,19). The van der Waals surface area contributed by atoms with Gasteiger partial charge in [0, 0.05) is 5.56 Å². The highest BCUT2D eigenvalue weighted by Gasteiger charge is 2.26. The molecule has 1 heterocycles. The van der Waals surface area contributed by atoms with Gasteiger partial charge >= 0.3 is 11.9 Å². The molecular weight excluding hydrogens is 340 g/mol. The van der Waals surface area contributed by atoms with Crippen LogP contribution in [0.4, 0.5) is 5.82 Å². The number of anilines is 1. The highest BCUT2D eigenvalue weighted by molar-refractivity contribution is 6.18. The van der Waals surface area contributed by atoms with Crippen molar-refractivity contribution in [2.45, 2.75) is 0 Å². The van der Waals surface area contributed by atoms with Gasteiger partial charge in [0.1, 0.15) is 29.3 Å². The Morgan fingerprint density at radius 1 is 1.12 bits per heavy atom. The van der Waals surface area contributed by atoms with Crippen molar-refractivity contribution >= 4 is 29.4 Å². The number of aromatic carboxylic acids is 2. The highest BCUT2D eigenvalue weighted by Crippen LogP contribution is 2.30. The first kappa shape index (κ1) is 17.4. The van der Waals surface area contributed by atoms with Gasteiger partial charge in [-0.25, -0.2) is 9.59 Å². The number of carboxylic acid groups (broad SMARTS) is 2. The molecule has 0 radical (unpaired) electrons. The number of H-pyrrole nitrogens is 1. The van der Waals surface area contributed by atoms with E-state index >= 15 is 0 Å². The lowest BCUT2D eigenvalue weighted by atomic mass is 9.95. The number of nitrogens with one attached hydrogen (secondary N) is 1. The molecule has 2 aromatic rings. The van der Waals surface area contributed by atoms with Crippen LogP contribution in [-0.4, -0.2) is 39.6 Å². The topological polar surface area (TPSA) is 143 Å². The minimum atomic E-state index is -1.56. The molecule has 0 bridgehead atoms. The summed E-state index contributed by atoms with van der Waals surface area (Å²) in [5, 5.41) is 18.6. The van der Waals surface area contributed by atoms with Crippen molar-refractivity contribution in [3.8, 4) is 16.9 Å². The number of hydrogen-bond donors (Lipinski definition) is 4. The summed E-state index contributed by atoms with van der Waals surface area (Å²) in [7, 11) is 0. The number of benzene rings is 1. The van der Waals surface area contributed by atoms with Crippen molar-refractivity contribution in [2.24, 2.45) is 0 Å². The number of carboxylic acids is 2. The van der Waals surface area contributed by atoms with Crippen LogP contribution in [0.1, 0.15) is 20.7 Å². The van der Waals surface area contributed by atoms with E-state index in [1.165, 1.54) is 24.3 Å². The molecule has 9 heteroatoms.